The molecule has 0 aromatic heterocycles. The van der Waals surface area contributed by atoms with Crippen LogP contribution < -0.4 is 15.2 Å². The van der Waals surface area contributed by atoms with Crippen LogP contribution in [-0.4, -0.2) is 46.5 Å². The van der Waals surface area contributed by atoms with Gasteiger partial charge in [-0.15, -0.1) is 0 Å². The van der Waals surface area contributed by atoms with Crippen LogP contribution in [-0.2, 0) is 14.8 Å². The number of aliphatic hydroxyl groups is 1. The number of nitrogens with one attached hydrogen (secondary N) is 1. The molecule has 0 amide bonds. The summed E-state index contributed by atoms with van der Waals surface area (Å²) in [7, 11) is -0.954. The molecule has 1 unspecified atom stereocenters. The number of hydrogen-bond donors (Lipinski definition) is 3. The SMILES string of the molecule is COCCC(C)(O)CNS(=O)(=O)c1cc(N)ccc1OC. The smallest absolute Gasteiger partial charge is 0.244 e. The fourth-order valence-electron chi connectivity index (χ4n) is 1.64. The summed E-state index contributed by atoms with van der Waals surface area (Å²) >= 11 is 0. The van der Waals surface area contributed by atoms with Gasteiger partial charge in [-0.1, -0.05) is 0 Å². The van der Waals surface area contributed by atoms with E-state index in [9.17, 15) is 13.5 Å². The highest BCUT2D eigenvalue weighted by molar-refractivity contribution is 7.89. The van der Waals surface area contributed by atoms with Gasteiger partial charge in [-0.2, -0.15) is 0 Å². The molecule has 0 aliphatic carbocycles. The summed E-state index contributed by atoms with van der Waals surface area (Å²) in [6.07, 6.45) is 0.306. The molecule has 0 saturated carbocycles. The third-order valence-electron chi connectivity index (χ3n) is 2.96. The van der Waals surface area contributed by atoms with Gasteiger partial charge < -0.3 is 20.3 Å². The minimum atomic E-state index is -3.84. The molecule has 0 heterocycles. The minimum absolute atomic E-state index is 0.0625. The molecule has 0 aliphatic rings. The monoisotopic (exact) mass is 318 g/mol. The number of nitrogens with two attached hydrogens (primary N) is 1. The van der Waals surface area contributed by atoms with Gasteiger partial charge in [0.2, 0.25) is 10.0 Å². The van der Waals surface area contributed by atoms with E-state index in [0.29, 0.717) is 18.7 Å². The highest BCUT2D eigenvalue weighted by Crippen LogP contribution is 2.26. The quantitative estimate of drug-likeness (QED) is 0.596. The molecule has 4 N–H and O–H groups in total. The van der Waals surface area contributed by atoms with Crippen LogP contribution in [0.15, 0.2) is 23.1 Å². The molecule has 7 nitrogen and oxygen atoms in total. The highest BCUT2D eigenvalue weighted by Gasteiger charge is 2.26. The summed E-state index contributed by atoms with van der Waals surface area (Å²) in [6.45, 7) is 1.72. The second kappa shape index (κ2) is 7.08. The number of ether oxygens (including phenoxy) is 2. The van der Waals surface area contributed by atoms with Crippen molar-refractivity contribution in [2.45, 2.75) is 23.8 Å². The molecule has 1 aromatic rings. The van der Waals surface area contributed by atoms with Gasteiger partial charge >= 0.3 is 0 Å². The first-order chi connectivity index (χ1) is 9.72. The molecule has 0 radical (unpaired) electrons. The van der Waals surface area contributed by atoms with E-state index in [1.54, 1.807) is 6.07 Å². The van der Waals surface area contributed by atoms with Crippen LogP contribution in [0.1, 0.15) is 13.3 Å². The van der Waals surface area contributed by atoms with Crippen LogP contribution in [0.5, 0.6) is 5.75 Å². The van der Waals surface area contributed by atoms with Gasteiger partial charge in [-0.05, 0) is 25.1 Å². The van der Waals surface area contributed by atoms with Gasteiger partial charge in [0.1, 0.15) is 10.6 Å². The Morgan fingerprint density at radius 3 is 2.62 bits per heavy atom. The van der Waals surface area contributed by atoms with Crippen molar-refractivity contribution >= 4 is 15.7 Å². The highest BCUT2D eigenvalue weighted by atomic mass is 32.2. The van der Waals surface area contributed by atoms with Crippen molar-refractivity contribution < 1.29 is 23.0 Å². The fraction of sp³-hybridized carbons (Fsp3) is 0.538. The summed E-state index contributed by atoms with van der Waals surface area (Å²) in [4.78, 5) is -0.0625. The Kier molecular flexibility index (Phi) is 5.97. The van der Waals surface area contributed by atoms with Crippen LogP contribution in [0, 0.1) is 0 Å². The molecule has 1 rings (SSSR count). The lowest BCUT2D eigenvalue weighted by Crippen LogP contribution is -2.41. The number of sulfonamides is 1. The lowest BCUT2D eigenvalue weighted by atomic mass is 10.0. The Hall–Kier alpha value is -1.35. The van der Waals surface area contributed by atoms with Gasteiger partial charge in [0, 0.05) is 32.4 Å². The largest absolute Gasteiger partial charge is 0.495 e. The molecular formula is C13H22N2O5S. The van der Waals surface area contributed by atoms with Crippen molar-refractivity contribution in [1.29, 1.82) is 0 Å². The molecule has 0 bridgehead atoms. The Morgan fingerprint density at radius 2 is 2.05 bits per heavy atom. The molecule has 0 fully saturated rings. The molecule has 120 valence electrons. The van der Waals surface area contributed by atoms with Crippen molar-refractivity contribution in [1.82, 2.24) is 4.72 Å². The molecule has 1 atom stereocenters. The van der Waals surface area contributed by atoms with E-state index in [4.69, 9.17) is 15.2 Å². The maximum atomic E-state index is 12.3. The first-order valence-electron chi connectivity index (χ1n) is 6.36. The normalized spacial score (nSPS) is 14.7. The van der Waals surface area contributed by atoms with Crippen molar-refractivity contribution in [3.8, 4) is 5.75 Å². The number of methoxy groups -OCH3 is 2. The second-order valence-corrected chi connectivity index (χ2v) is 6.71. The third-order valence-corrected chi connectivity index (χ3v) is 4.39. The van der Waals surface area contributed by atoms with Gasteiger partial charge in [-0.25, -0.2) is 13.1 Å². The number of nitrogen functional groups attached to an aromatic ring is 1. The first-order valence-corrected chi connectivity index (χ1v) is 7.85. The van der Waals surface area contributed by atoms with Crippen LogP contribution >= 0.6 is 0 Å². The Balaban J connectivity index is 2.90. The topological polar surface area (TPSA) is 111 Å². The Bertz CT molecular complexity index is 572. The van der Waals surface area contributed by atoms with E-state index in [1.165, 1.54) is 33.3 Å². The van der Waals surface area contributed by atoms with E-state index in [-0.39, 0.29) is 17.2 Å². The average Bonchev–Trinajstić information content (AvgIpc) is 2.43. The van der Waals surface area contributed by atoms with Gasteiger partial charge in [0.05, 0.1) is 12.7 Å². The Labute approximate surface area is 125 Å². The van der Waals surface area contributed by atoms with Gasteiger partial charge in [0.15, 0.2) is 0 Å². The molecule has 1 aromatic carbocycles. The van der Waals surface area contributed by atoms with E-state index in [1.807, 2.05) is 0 Å². The maximum Gasteiger partial charge on any atom is 0.244 e. The summed E-state index contributed by atoms with van der Waals surface area (Å²) in [5, 5.41) is 10.1. The lowest BCUT2D eigenvalue weighted by molar-refractivity contribution is 0.0292. The number of benzene rings is 1. The van der Waals surface area contributed by atoms with Crippen molar-refractivity contribution in [3.63, 3.8) is 0 Å². The standard InChI is InChI=1S/C13H22N2O5S/c1-13(16,6-7-19-2)9-15-21(17,18)12-8-10(14)4-5-11(12)20-3/h4-5,8,15-16H,6-7,9,14H2,1-3H3. The summed E-state index contributed by atoms with van der Waals surface area (Å²) in [5.41, 5.74) is 4.71. The lowest BCUT2D eigenvalue weighted by Gasteiger charge is -2.23. The number of rotatable bonds is 8. The summed E-state index contributed by atoms with van der Waals surface area (Å²) < 4.78 is 36.8. The molecule has 21 heavy (non-hydrogen) atoms. The van der Waals surface area contributed by atoms with Crippen molar-refractivity contribution in [2.75, 3.05) is 33.1 Å². The summed E-state index contributed by atoms with van der Waals surface area (Å²) in [5.74, 6) is 0.188. The minimum Gasteiger partial charge on any atom is -0.495 e. The number of hydrogen-bond acceptors (Lipinski definition) is 6. The molecule has 8 heteroatoms. The van der Waals surface area contributed by atoms with E-state index in [0.717, 1.165) is 0 Å². The zero-order valence-electron chi connectivity index (χ0n) is 12.4. The zero-order valence-corrected chi connectivity index (χ0v) is 13.2. The van der Waals surface area contributed by atoms with Crippen molar-refractivity contribution in [2.24, 2.45) is 0 Å². The van der Waals surface area contributed by atoms with Crippen LogP contribution in [0.3, 0.4) is 0 Å². The third kappa shape index (κ3) is 5.16. The average molecular weight is 318 g/mol. The Morgan fingerprint density at radius 1 is 1.38 bits per heavy atom. The predicted octanol–water partition coefficient (Wildman–Crippen LogP) is 0.343. The first kappa shape index (κ1) is 17.7. The predicted molar refractivity (Wildman–Crippen MR) is 79.7 cm³/mol. The second-order valence-electron chi connectivity index (χ2n) is 4.97. The van der Waals surface area contributed by atoms with Gasteiger partial charge in [0.25, 0.3) is 0 Å². The maximum absolute atomic E-state index is 12.3. The summed E-state index contributed by atoms with van der Waals surface area (Å²) in [6, 6.07) is 4.34. The zero-order chi connectivity index (χ0) is 16.1. The van der Waals surface area contributed by atoms with Crippen LogP contribution in [0.25, 0.3) is 0 Å². The van der Waals surface area contributed by atoms with E-state index in [2.05, 4.69) is 4.72 Å². The molecule has 0 aliphatic heterocycles. The van der Waals surface area contributed by atoms with Crippen LogP contribution in [0.2, 0.25) is 0 Å². The molecule has 0 spiro atoms. The van der Waals surface area contributed by atoms with Gasteiger partial charge in [-0.3, -0.25) is 0 Å². The molecule has 0 saturated heterocycles. The van der Waals surface area contributed by atoms with E-state index < -0.39 is 15.6 Å². The van der Waals surface area contributed by atoms with Crippen LogP contribution in [0.4, 0.5) is 5.69 Å². The fourth-order valence-corrected chi connectivity index (χ4v) is 3.01. The number of anilines is 1. The van der Waals surface area contributed by atoms with Crippen molar-refractivity contribution in [3.05, 3.63) is 18.2 Å². The molecular weight excluding hydrogens is 296 g/mol. The van der Waals surface area contributed by atoms with E-state index >= 15 is 0 Å².